The van der Waals surface area contributed by atoms with Crippen molar-refractivity contribution in [2.45, 2.75) is 6.42 Å². The molecule has 1 rings (SSSR count). The molecule has 1 aromatic carbocycles. The van der Waals surface area contributed by atoms with Crippen LogP contribution in [0.2, 0.25) is 0 Å². The summed E-state index contributed by atoms with van der Waals surface area (Å²) in [6, 6.07) is 7.43. The lowest BCUT2D eigenvalue weighted by atomic mass is 10.3. The minimum atomic E-state index is 0.745. The van der Waals surface area contributed by atoms with E-state index in [0.29, 0.717) is 0 Å². The first-order valence-corrected chi connectivity index (χ1v) is 4.99. The van der Waals surface area contributed by atoms with E-state index in [-0.39, 0.29) is 0 Å². The molecule has 2 nitrogen and oxygen atoms in total. The summed E-state index contributed by atoms with van der Waals surface area (Å²) >= 11 is 3.33. The van der Waals surface area contributed by atoms with Gasteiger partial charge in [0.2, 0.25) is 0 Å². The van der Waals surface area contributed by atoms with E-state index in [1.54, 1.807) is 0 Å². The van der Waals surface area contributed by atoms with Crippen LogP contribution in [0.1, 0.15) is 6.42 Å². The lowest BCUT2D eigenvalue weighted by molar-refractivity contribution is 0.319. The standard InChI is InChI=1S/C9H12BrNO/c10-6-1-7-12-9-4-2-8(11)3-5-9/h2-5H,1,6-7,11H2. The van der Waals surface area contributed by atoms with Crippen LogP contribution in [0.5, 0.6) is 5.75 Å². The topological polar surface area (TPSA) is 35.2 Å². The Kier molecular flexibility index (Phi) is 3.94. The fraction of sp³-hybridized carbons (Fsp3) is 0.333. The minimum Gasteiger partial charge on any atom is -0.494 e. The van der Waals surface area contributed by atoms with E-state index in [1.807, 2.05) is 24.3 Å². The zero-order chi connectivity index (χ0) is 8.81. The van der Waals surface area contributed by atoms with Gasteiger partial charge in [0.1, 0.15) is 5.75 Å². The van der Waals surface area contributed by atoms with Gasteiger partial charge in [-0.3, -0.25) is 0 Å². The molecule has 12 heavy (non-hydrogen) atoms. The van der Waals surface area contributed by atoms with Crippen molar-refractivity contribution in [1.82, 2.24) is 0 Å². The van der Waals surface area contributed by atoms with Gasteiger partial charge in [0.15, 0.2) is 0 Å². The fourth-order valence-electron chi connectivity index (χ4n) is 0.809. The van der Waals surface area contributed by atoms with Crippen LogP contribution < -0.4 is 10.5 Å². The summed E-state index contributed by atoms with van der Waals surface area (Å²) in [5.41, 5.74) is 6.28. The lowest BCUT2D eigenvalue weighted by Gasteiger charge is -2.04. The van der Waals surface area contributed by atoms with Crippen molar-refractivity contribution in [3.63, 3.8) is 0 Å². The molecule has 0 saturated carbocycles. The third kappa shape index (κ3) is 3.13. The van der Waals surface area contributed by atoms with Gasteiger partial charge in [0, 0.05) is 11.0 Å². The predicted molar refractivity (Wildman–Crippen MR) is 54.8 cm³/mol. The van der Waals surface area contributed by atoms with Crippen LogP contribution in [0.4, 0.5) is 5.69 Å². The molecule has 0 unspecified atom stereocenters. The van der Waals surface area contributed by atoms with Crippen LogP contribution in [0.15, 0.2) is 24.3 Å². The molecule has 0 aliphatic carbocycles. The summed E-state index contributed by atoms with van der Waals surface area (Å²) in [6.45, 7) is 0.745. The molecule has 0 radical (unpaired) electrons. The molecule has 0 bridgehead atoms. The largest absolute Gasteiger partial charge is 0.494 e. The van der Waals surface area contributed by atoms with Crippen LogP contribution in [-0.4, -0.2) is 11.9 Å². The Morgan fingerprint density at radius 3 is 2.50 bits per heavy atom. The highest BCUT2D eigenvalue weighted by Gasteiger charge is 1.91. The van der Waals surface area contributed by atoms with Gasteiger partial charge >= 0.3 is 0 Å². The van der Waals surface area contributed by atoms with E-state index in [9.17, 15) is 0 Å². The van der Waals surface area contributed by atoms with E-state index in [2.05, 4.69) is 15.9 Å². The number of hydrogen-bond donors (Lipinski definition) is 1. The van der Waals surface area contributed by atoms with Crippen molar-refractivity contribution in [2.75, 3.05) is 17.7 Å². The van der Waals surface area contributed by atoms with E-state index < -0.39 is 0 Å². The van der Waals surface area contributed by atoms with Crippen LogP contribution in [0, 0.1) is 0 Å². The van der Waals surface area contributed by atoms with Crippen molar-refractivity contribution in [3.05, 3.63) is 24.3 Å². The van der Waals surface area contributed by atoms with Gasteiger partial charge in [-0.25, -0.2) is 0 Å². The maximum atomic E-state index is 5.52. The average molecular weight is 230 g/mol. The highest BCUT2D eigenvalue weighted by atomic mass is 79.9. The first-order valence-electron chi connectivity index (χ1n) is 3.87. The van der Waals surface area contributed by atoms with Gasteiger partial charge < -0.3 is 10.5 Å². The van der Waals surface area contributed by atoms with Crippen molar-refractivity contribution >= 4 is 21.6 Å². The average Bonchev–Trinajstić information content (AvgIpc) is 2.09. The second kappa shape index (κ2) is 5.04. The number of nitrogens with two attached hydrogens (primary N) is 1. The Balaban J connectivity index is 2.37. The third-order valence-corrected chi connectivity index (χ3v) is 1.99. The normalized spacial score (nSPS) is 9.75. The molecular formula is C9H12BrNO. The fourth-order valence-corrected chi connectivity index (χ4v) is 1.04. The van der Waals surface area contributed by atoms with Crippen LogP contribution in [0.3, 0.4) is 0 Å². The van der Waals surface area contributed by atoms with Crippen molar-refractivity contribution in [2.24, 2.45) is 0 Å². The minimum absolute atomic E-state index is 0.745. The number of rotatable bonds is 4. The molecule has 0 spiro atoms. The van der Waals surface area contributed by atoms with Gasteiger partial charge in [0.05, 0.1) is 6.61 Å². The molecule has 3 heteroatoms. The molecule has 0 heterocycles. The van der Waals surface area contributed by atoms with Crippen molar-refractivity contribution in [3.8, 4) is 5.75 Å². The Labute approximate surface area is 80.8 Å². The number of anilines is 1. The predicted octanol–water partition coefficient (Wildman–Crippen LogP) is 2.43. The first kappa shape index (κ1) is 9.39. The van der Waals surface area contributed by atoms with Gasteiger partial charge in [-0.15, -0.1) is 0 Å². The second-order valence-corrected chi connectivity index (χ2v) is 3.25. The molecule has 0 atom stereocenters. The maximum Gasteiger partial charge on any atom is 0.119 e. The summed E-state index contributed by atoms with van der Waals surface area (Å²) in [4.78, 5) is 0. The number of ether oxygens (including phenoxy) is 1. The Morgan fingerprint density at radius 1 is 1.25 bits per heavy atom. The molecule has 0 fully saturated rings. The number of nitrogen functional groups attached to an aromatic ring is 1. The summed E-state index contributed by atoms with van der Waals surface area (Å²) in [6.07, 6.45) is 1.02. The summed E-state index contributed by atoms with van der Waals surface area (Å²) < 4.78 is 5.42. The zero-order valence-corrected chi connectivity index (χ0v) is 8.38. The van der Waals surface area contributed by atoms with Crippen LogP contribution >= 0.6 is 15.9 Å². The lowest BCUT2D eigenvalue weighted by Crippen LogP contribution is -1.97. The molecule has 0 saturated heterocycles. The molecule has 0 amide bonds. The van der Waals surface area contributed by atoms with E-state index in [4.69, 9.17) is 10.5 Å². The molecule has 0 aliphatic rings. The summed E-state index contributed by atoms with van der Waals surface area (Å²) in [5, 5.41) is 0.974. The highest BCUT2D eigenvalue weighted by molar-refractivity contribution is 9.09. The number of alkyl halides is 1. The molecular weight excluding hydrogens is 218 g/mol. The van der Waals surface area contributed by atoms with Gasteiger partial charge in [0.25, 0.3) is 0 Å². The van der Waals surface area contributed by atoms with E-state index >= 15 is 0 Å². The van der Waals surface area contributed by atoms with Gasteiger partial charge in [-0.05, 0) is 30.7 Å². The second-order valence-electron chi connectivity index (χ2n) is 2.46. The highest BCUT2D eigenvalue weighted by Crippen LogP contribution is 2.13. The van der Waals surface area contributed by atoms with Gasteiger partial charge in [-0.1, -0.05) is 15.9 Å². The third-order valence-electron chi connectivity index (χ3n) is 1.43. The Hall–Kier alpha value is -0.700. The molecule has 66 valence electrons. The Morgan fingerprint density at radius 2 is 1.92 bits per heavy atom. The first-order chi connectivity index (χ1) is 5.83. The molecule has 0 aliphatic heterocycles. The van der Waals surface area contributed by atoms with E-state index in [1.165, 1.54) is 0 Å². The quantitative estimate of drug-likeness (QED) is 0.489. The summed E-state index contributed by atoms with van der Waals surface area (Å²) in [5.74, 6) is 0.880. The molecule has 0 aromatic heterocycles. The SMILES string of the molecule is Nc1ccc(OCCCBr)cc1. The zero-order valence-electron chi connectivity index (χ0n) is 6.79. The summed E-state index contributed by atoms with van der Waals surface area (Å²) in [7, 11) is 0. The van der Waals surface area contributed by atoms with Gasteiger partial charge in [-0.2, -0.15) is 0 Å². The smallest absolute Gasteiger partial charge is 0.119 e. The van der Waals surface area contributed by atoms with E-state index in [0.717, 1.165) is 29.8 Å². The number of benzene rings is 1. The Bertz CT molecular complexity index is 222. The number of hydrogen-bond acceptors (Lipinski definition) is 2. The maximum absolute atomic E-state index is 5.52. The molecule has 1 aromatic rings. The monoisotopic (exact) mass is 229 g/mol. The van der Waals surface area contributed by atoms with Crippen LogP contribution in [0.25, 0.3) is 0 Å². The van der Waals surface area contributed by atoms with Crippen LogP contribution in [-0.2, 0) is 0 Å². The number of halogens is 1. The van der Waals surface area contributed by atoms with Crippen molar-refractivity contribution < 1.29 is 4.74 Å². The molecule has 2 N–H and O–H groups in total. The van der Waals surface area contributed by atoms with Crippen molar-refractivity contribution in [1.29, 1.82) is 0 Å².